The Hall–Kier alpha value is -2.96. The summed E-state index contributed by atoms with van der Waals surface area (Å²) in [7, 11) is 1.34. The number of nitro groups is 1. The number of aromatic nitrogens is 1. The Morgan fingerprint density at radius 2 is 2.04 bits per heavy atom. The van der Waals surface area contributed by atoms with E-state index in [1.807, 2.05) is 13.8 Å². The lowest BCUT2D eigenvalue weighted by atomic mass is 10.1. The van der Waals surface area contributed by atoms with Crippen LogP contribution < -0.4 is 10.2 Å². The van der Waals surface area contributed by atoms with E-state index in [9.17, 15) is 14.9 Å². The van der Waals surface area contributed by atoms with Crippen molar-refractivity contribution in [3.8, 4) is 5.75 Å². The highest BCUT2D eigenvalue weighted by atomic mass is 16.6. The molecule has 0 saturated carbocycles. The second kappa shape index (κ2) is 6.87. The average molecular weight is 315 g/mol. The van der Waals surface area contributed by atoms with Gasteiger partial charge in [-0.3, -0.25) is 24.5 Å². The molecule has 0 unspecified atom stereocenters. The van der Waals surface area contributed by atoms with Gasteiger partial charge in [0.25, 0.3) is 5.91 Å². The van der Waals surface area contributed by atoms with Crippen LogP contribution in [-0.2, 0) is 0 Å². The summed E-state index contributed by atoms with van der Waals surface area (Å²) in [5.74, 6) is -0.285. The van der Waals surface area contributed by atoms with E-state index in [0.717, 1.165) is 0 Å². The first kappa shape index (κ1) is 16.4. The summed E-state index contributed by atoms with van der Waals surface area (Å²) in [6.45, 7) is 3.81. The largest absolute Gasteiger partial charge is 0.490 e. The third kappa shape index (κ3) is 3.63. The minimum absolute atomic E-state index is 0.0154. The fraction of sp³-hybridized carbons (Fsp3) is 0.250. The highest BCUT2D eigenvalue weighted by Gasteiger charge is 2.19. The number of pyridine rings is 1. The fourth-order valence-electron chi connectivity index (χ4n) is 2.08. The number of carbonyl (C=O) groups is 1. The van der Waals surface area contributed by atoms with Crippen LogP contribution in [0.25, 0.3) is 0 Å². The molecule has 7 nitrogen and oxygen atoms in total. The molecular weight excluding hydrogens is 298 g/mol. The first-order valence-electron chi connectivity index (χ1n) is 7.02. The van der Waals surface area contributed by atoms with Gasteiger partial charge in [0.05, 0.1) is 12.0 Å². The number of carbonyl (C=O) groups excluding carboxylic acids is 1. The normalized spacial score (nSPS) is 11.6. The highest BCUT2D eigenvalue weighted by molar-refractivity contribution is 5.96. The SMILES string of the molecule is COc1ccc(C(=O)n2ccccc2=NC(C)C)cc1[N+](=O)[O-]. The Kier molecular flexibility index (Phi) is 4.90. The Balaban J connectivity index is 2.55. The van der Waals surface area contributed by atoms with E-state index in [1.165, 1.54) is 29.9 Å². The Morgan fingerprint density at radius 3 is 2.65 bits per heavy atom. The molecule has 0 radical (unpaired) electrons. The maximum atomic E-state index is 12.7. The summed E-state index contributed by atoms with van der Waals surface area (Å²) >= 11 is 0. The molecule has 0 aliphatic carbocycles. The second-order valence-electron chi connectivity index (χ2n) is 5.10. The maximum Gasteiger partial charge on any atom is 0.311 e. The van der Waals surface area contributed by atoms with Crippen LogP contribution in [0, 0.1) is 10.1 Å². The van der Waals surface area contributed by atoms with Gasteiger partial charge >= 0.3 is 5.69 Å². The van der Waals surface area contributed by atoms with Gasteiger partial charge in [-0.1, -0.05) is 6.07 Å². The molecule has 1 heterocycles. The summed E-state index contributed by atoms with van der Waals surface area (Å²) in [6, 6.07) is 9.33. The van der Waals surface area contributed by atoms with Crippen molar-refractivity contribution in [2.45, 2.75) is 19.9 Å². The van der Waals surface area contributed by atoms with E-state index in [1.54, 1.807) is 24.4 Å². The van der Waals surface area contributed by atoms with E-state index in [2.05, 4.69) is 4.99 Å². The number of nitrogens with zero attached hydrogens (tertiary/aromatic N) is 3. The number of rotatable bonds is 4. The van der Waals surface area contributed by atoms with Crippen LogP contribution in [0.15, 0.2) is 47.6 Å². The minimum atomic E-state index is -0.579. The van der Waals surface area contributed by atoms with Gasteiger partial charge in [0, 0.05) is 23.9 Å². The first-order chi connectivity index (χ1) is 10.9. The third-order valence-electron chi connectivity index (χ3n) is 3.07. The van der Waals surface area contributed by atoms with Crippen molar-refractivity contribution in [3.63, 3.8) is 0 Å². The van der Waals surface area contributed by atoms with Gasteiger partial charge in [0.1, 0.15) is 5.49 Å². The monoisotopic (exact) mass is 315 g/mol. The predicted octanol–water partition coefficient (Wildman–Crippen LogP) is 2.40. The van der Waals surface area contributed by atoms with Gasteiger partial charge in [-0.15, -0.1) is 0 Å². The summed E-state index contributed by atoms with van der Waals surface area (Å²) in [5, 5.41) is 11.1. The van der Waals surface area contributed by atoms with Crippen molar-refractivity contribution in [1.29, 1.82) is 0 Å². The van der Waals surface area contributed by atoms with Gasteiger partial charge in [-0.05, 0) is 38.1 Å². The van der Waals surface area contributed by atoms with Crippen molar-refractivity contribution < 1.29 is 14.5 Å². The van der Waals surface area contributed by atoms with E-state index in [0.29, 0.717) is 5.49 Å². The lowest BCUT2D eigenvalue weighted by molar-refractivity contribution is -0.385. The molecule has 7 heteroatoms. The van der Waals surface area contributed by atoms with E-state index in [-0.39, 0.29) is 23.0 Å². The van der Waals surface area contributed by atoms with Crippen molar-refractivity contribution in [2.24, 2.45) is 4.99 Å². The van der Waals surface area contributed by atoms with Crippen LogP contribution in [0.5, 0.6) is 5.75 Å². The van der Waals surface area contributed by atoms with Crippen LogP contribution in [0.3, 0.4) is 0 Å². The molecule has 0 fully saturated rings. The van der Waals surface area contributed by atoms with Crippen molar-refractivity contribution in [1.82, 2.24) is 4.57 Å². The Bertz CT molecular complexity index is 809. The number of nitro benzene ring substituents is 1. The summed E-state index contributed by atoms with van der Waals surface area (Å²) in [6.07, 6.45) is 1.58. The number of ether oxygens (including phenoxy) is 1. The average Bonchev–Trinajstić information content (AvgIpc) is 2.53. The molecule has 0 spiro atoms. The third-order valence-corrected chi connectivity index (χ3v) is 3.07. The number of benzene rings is 1. The van der Waals surface area contributed by atoms with Crippen LogP contribution >= 0.6 is 0 Å². The fourth-order valence-corrected chi connectivity index (χ4v) is 2.08. The predicted molar refractivity (Wildman–Crippen MR) is 84.5 cm³/mol. The molecule has 2 aromatic rings. The first-order valence-corrected chi connectivity index (χ1v) is 7.02. The molecule has 0 bridgehead atoms. The zero-order valence-corrected chi connectivity index (χ0v) is 13.1. The topological polar surface area (TPSA) is 86.7 Å². The molecule has 2 rings (SSSR count). The number of hydrogen-bond acceptors (Lipinski definition) is 5. The van der Waals surface area contributed by atoms with Crippen molar-refractivity contribution >= 4 is 11.6 Å². The van der Waals surface area contributed by atoms with Gasteiger partial charge in [-0.25, -0.2) is 0 Å². The van der Waals surface area contributed by atoms with E-state index in [4.69, 9.17) is 4.74 Å². The Morgan fingerprint density at radius 1 is 1.30 bits per heavy atom. The quantitative estimate of drug-likeness (QED) is 0.640. The molecule has 0 atom stereocenters. The van der Waals surface area contributed by atoms with E-state index < -0.39 is 10.8 Å². The molecule has 0 aliphatic rings. The molecule has 0 saturated heterocycles. The minimum Gasteiger partial charge on any atom is -0.490 e. The van der Waals surface area contributed by atoms with Crippen LogP contribution in [0.1, 0.15) is 24.2 Å². The molecular formula is C16H17N3O4. The Labute approximate surface area is 133 Å². The van der Waals surface area contributed by atoms with Crippen molar-refractivity contribution in [3.05, 3.63) is 63.8 Å². The lowest BCUT2D eigenvalue weighted by Crippen LogP contribution is -2.28. The molecule has 0 aliphatic heterocycles. The smallest absolute Gasteiger partial charge is 0.311 e. The summed E-state index contributed by atoms with van der Waals surface area (Å²) in [5.41, 5.74) is 0.428. The summed E-state index contributed by atoms with van der Waals surface area (Å²) < 4.78 is 6.31. The number of hydrogen-bond donors (Lipinski definition) is 0. The lowest BCUT2D eigenvalue weighted by Gasteiger charge is -2.08. The van der Waals surface area contributed by atoms with Crippen LogP contribution in [-0.4, -0.2) is 28.5 Å². The zero-order chi connectivity index (χ0) is 17.0. The standard InChI is InChI=1S/C16H17N3O4/c1-11(2)17-15-6-4-5-9-18(15)16(20)12-7-8-14(23-3)13(10-12)19(21)22/h4-11H,1-3H3. The van der Waals surface area contributed by atoms with Gasteiger partial charge in [0.15, 0.2) is 5.75 Å². The van der Waals surface area contributed by atoms with Gasteiger partial charge in [-0.2, -0.15) is 0 Å². The van der Waals surface area contributed by atoms with Crippen LogP contribution in [0.4, 0.5) is 5.69 Å². The van der Waals surface area contributed by atoms with Gasteiger partial charge in [0.2, 0.25) is 0 Å². The zero-order valence-electron chi connectivity index (χ0n) is 13.1. The maximum absolute atomic E-state index is 12.7. The van der Waals surface area contributed by atoms with Crippen LogP contribution in [0.2, 0.25) is 0 Å². The molecule has 0 amide bonds. The second-order valence-corrected chi connectivity index (χ2v) is 5.10. The van der Waals surface area contributed by atoms with Gasteiger partial charge < -0.3 is 4.74 Å². The molecule has 120 valence electrons. The molecule has 1 aromatic heterocycles. The molecule has 1 aromatic carbocycles. The van der Waals surface area contributed by atoms with Crippen molar-refractivity contribution in [2.75, 3.05) is 7.11 Å². The van der Waals surface area contributed by atoms with E-state index >= 15 is 0 Å². The highest BCUT2D eigenvalue weighted by Crippen LogP contribution is 2.27. The molecule has 23 heavy (non-hydrogen) atoms. The molecule has 0 N–H and O–H groups in total. The summed E-state index contributed by atoms with van der Waals surface area (Å²) in [4.78, 5) is 27.6. The number of methoxy groups -OCH3 is 1.